The predicted molar refractivity (Wildman–Crippen MR) is 83.6 cm³/mol. The Hall–Kier alpha value is -1.99. The molecule has 7 heteroatoms. The molecule has 23 heavy (non-hydrogen) atoms. The number of non-ortho nitro benzene ring substituents is 1. The van der Waals surface area contributed by atoms with Crippen LogP contribution in [0.25, 0.3) is 0 Å². The van der Waals surface area contributed by atoms with Crippen molar-refractivity contribution in [2.45, 2.75) is 56.3 Å². The van der Waals surface area contributed by atoms with Crippen LogP contribution in [-0.4, -0.2) is 28.5 Å². The maximum Gasteiger partial charge on any atom is 0.323 e. The summed E-state index contributed by atoms with van der Waals surface area (Å²) in [6, 6.07) is 5.82. The first-order valence-electron chi connectivity index (χ1n) is 7.93. The number of benzene rings is 1. The molecule has 3 N–H and O–H groups in total. The first-order chi connectivity index (χ1) is 11.0. The standard InChI is InChI=1S/C16H21N3O4/c17-16-8-2-1-3-14(16)18-13(9-16)15(20)23-10-11-4-6-12(7-5-11)19(21)22/h4-7,13-14,18H,1-3,8-10,17H2/t13-,14-,16+/m0/s1. The van der Waals surface area contributed by atoms with Gasteiger partial charge in [0.15, 0.2) is 0 Å². The summed E-state index contributed by atoms with van der Waals surface area (Å²) in [4.78, 5) is 22.4. The number of carbonyl (C=O) groups is 1. The summed E-state index contributed by atoms with van der Waals surface area (Å²) < 4.78 is 5.34. The molecule has 1 aliphatic carbocycles. The van der Waals surface area contributed by atoms with E-state index in [4.69, 9.17) is 10.5 Å². The minimum Gasteiger partial charge on any atom is -0.460 e. The van der Waals surface area contributed by atoms with E-state index in [1.54, 1.807) is 12.1 Å². The number of esters is 1. The summed E-state index contributed by atoms with van der Waals surface area (Å²) in [5, 5.41) is 13.9. The number of nitro benzene ring substituents is 1. The van der Waals surface area contributed by atoms with E-state index in [1.165, 1.54) is 12.1 Å². The van der Waals surface area contributed by atoms with Crippen LogP contribution >= 0.6 is 0 Å². The maximum atomic E-state index is 12.2. The first kappa shape index (κ1) is 15.9. The van der Waals surface area contributed by atoms with Crippen molar-refractivity contribution < 1.29 is 14.5 Å². The SMILES string of the molecule is N[C@@]12CCCC[C@@H]1N[C@H](C(=O)OCc1ccc([N+](=O)[O-])cc1)C2. The van der Waals surface area contributed by atoms with Gasteiger partial charge in [-0.25, -0.2) is 0 Å². The number of rotatable bonds is 4. The lowest BCUT2D eigenvalue weighted by Gasteiger charge is -2.35. The Morgan fingerprint density at radius 1 is 1.39 bits per heavy atom. The molecule has 0 amide bonds. The van der Waals surface area contributed by atoms with Crippen molar-refractivity contribution >= 4 is 11.7 Å². The van der Waals surface area contributed by atoms with Crippen LogP contribution in [0, 0.1) is 10.1 Å². The fourth-order valence-corrected chi connectivity index (χ4v) is 3.56. The molecule has 2 aliphatic rings. The number of carbonyl (C=O) groups excluding carboxylic acids is 1. The van der Waals surface area contributed by atoms with Crippen molar-refractivity contribution in [2.24, 2.45) is 5.73 Å². The van der Waals surface area contributed by atoms with Gasteiger partial charge in [0.1, 0.15) is 12.6 Å². The van der Waals surface area contributed by atoms with E-state index in [-0.39, 0.29) is 35.9 Å². The molecule has 0 radical (unpaired) electrons. The summed E-state index contributed by atoms with van der Waals surface area (Å²) >= 11 is 0. The van der Waals surface area contributed by atoms with E-state index in [2.05, 4.69) is 5.32 Å². The van der Waals surface area contributed by atoms with Crippen molar-refractivity contribution in [2.75, 3.05) is 0 Å². The molecule has 3 atom stereocenters. The summed E-state index contributed by atoms with van der Waals surface area (Å²) in [5.74, 6) is -0.303. The van der Waals surface area contributed by atoms with Crippen LogP contribution in [0.15, 0.2) is 24.3 Å². The van der Waals surface area contributed by atoms with Crippen molar-refractivity contribution in [1.82, 2.24) is 5.32 Å². The van der Waals surface area contributed by atoms with E-state index in [1.807, 2.05) is 0 Å². The van der Waals surface area contributed by atoms with Crippen LogP contribution in [0.1, 0.15) is 37.7 Å². The van der Waals surface area contributed by atoms with Gasteiger partial charge < -0.3 is 10.5 Å². The Kier molecular flexibility index (Phi) is 4.32. The quantitative estimate of drug-likeness (QED) is 0.496. The topological polar surface area (TPSA) is 107 Å². The lowest BCUT2D eigenvalue weighted by molar-refractivity contribution is -0.384. The van der Waals surface area contributed by atoms with Crippen LogP contribution < -0.4 is 11.1 Å². The minimum absolute atomic E-state index is 0.0201. The highest BCUT2D eigenvalue weighted by Gasteiger charge is 2.47. The molecule has 0 bridgehead atoms. The average Bonchev–Trinajstić information content (AvgIpc) is 2.90. The lowest BCUT2D eigenvalue weighted by Crippen LogP contribution is -2.52. The van der Waals surface area contributed by atoms with Gasteiger partial charge in [-0.05, 0) is 37.0 Å². The Bertz CT molecular complexity index is 604. The Morgan fingerprint density at radius 3 is 2.78 bits per heavy atom. The zero-order valence-electron chi connectivity index (χ0n) is 12.9. The number of hydrogen-bond donors (Lipinski definition) is 2. The van der Waals surface area contributed by atoms with Gasteiger partial charge in [0.2, 0.25) is 0 Å². The van der Waals surface area contributed by atoms with Gasteiger partial charge in [0.25, 0.3) is 5.69 Å². The second-order valence-electron chi connectivity index (χ2n) is 6.49. The molecule has 1 saturated carbocycles. The molecular formula is C16H21N3O4. The van der Waals surface area contributed by atoms with Gasteiger partial charge in [-0.15, -0.1) is 0 Å². The van der Waals surface area contributed by atoms with Crippen molar-refractivity contribution in [3.05, 3.63) is 39.9 Å². The Balaban J connectivity index is 1.54. The molecule has 1 saturated heterocycles. The van der Waals surface area contributed by atoms with Crippen LogP contribution in [0.3, 0.4) is 0 Å². The van der Waals surface area contributed by atoms with Crippen LogP contribution in [0.5, 0.6) is 0 Å². The molecule has 3 rings (SSSR count). The summed E-state index contributed by atoms with van der Waals surface area (Å²) in [7, 11) is 0. The maximum absolute atomic E-state index is 12.2. The number of hydrogen-bond acceptors (Lipinski definition) is 6. The Morgan fingerprint density at radius 2 is 2.13 bits per heavy atom. The largest absolute Gasteiger partial charge is 0.460 e. The third kappa shape index (κ3) is 3.35. The van der Waals surface area contributed by atoms with Crippen molar-refractivity contribution in [1.29, 1.82) is 0 Å². The van der Waals surface area contributed by atoms with E-state index < -0.39 is 4.92 Å². The molecule has 1 aromatic rings. The monoisotopic (exact) mass is 319 g/mol. The number of nitrogens with two attached hydrogens (primary N) is 1. The smallest absolute Gasteiger partial charge is 0.323 e. The van der Waals surface area contributed by atoms with Gasteiger partial charge in [-0.1, -0.05) is 12.8 Å². The lowest BCUT2D eigenvalue weighted by atomic mass is 9.78. The summed E-state index contributed by atoms with van der Waals surface area (Å²) in [6.45, 7) is 0.108. The third-order valence-electron chi connectivity index (χ3n) is 4.88. The van der Waals surface area contributed by atoms with Crippen molar-refractivity contribution in [3.63, 3.8) is 0 Å². The highest BCUT2D eigenvalue weighted by atomic mass is 16.6. The molecule has 0 unspecified atom stereocenters. The predicted octanol–water partition coefficient (Wildman–Crippen LogP) is 1.64. The normalized spacial score (nSPS) is 29.8. The summed E-state index contributed by atoms with van der Waals surface area (Å²) in [6.07, 6.45) is 4.80. The van der Waals surface area contributed by atoms with Crippen LogP contribution in [0.4, 0.5) is 5.69 Å². The molecule has 7 nitrogen and oxygen atoms in total. The minimum atomic E-state index is -0.458. The Labute approximate surface area is 134 Å². The molecule has 0 aromatic heterocycles. The number of nitrogens with one attached hydrogen (secondary N) is 1. The average molecular weight is 319 g/mol. The van der Waals surface area contributed by atoms with Gasteiger partial charge >= 0.3 is 5.97 Å². The number of ether oxygens (including phenoxy) is 1. The zero-order valence-corrected chi connectivity index (χ0v) is 12.9. The second-order valence-corrected chi connectivity index (χ2v) is 6.49. The van der Waals surface area contributed by atoms with Crippen LogP contribution in [0.2, 0.25) is 0 Å². The summed E-state index contributed by atoms with van der Waals surface area (Å²) in [5.41, 5.74) is 6.86. The fourth-order valence-electron chi connectivity index (χ4n) is 3.56. The van der Waals surface area contributed by atoms with E-state index in [0.717, 1.165) is 31.2 Å². The molecule has 0 spiro atoms. The molecular weight excluding hydrogens is 298 g/mol. The molecule has 1 aromatic carbocycles. The van der Waals surface area contributed by atoms with Gasteiger partial charge in [0.05, 0.1) is 4.92 Å². The third-order valence-corrected chi connectivity index (χ3v) is 4.88. The van der Waals surface area contributed by atoms with Crippen molar-refractivity contribution in [3.8, 4) is 0 Å². The highest BCUT2D eigenvalue weighted by Crippen LogP contribution is 2.35. The van der Waals surface area contributed by atoms with Crippen LogP contribution in [-0.2, 0) is 16.1 Å². The highest BCUT2D eigenvalue weighted by molar-refractivity contribution is 5.76. The molecule has 2 fully saturated rings. The fraction of sp³-hybridized carbons (Fsp3) is 0.562. The molecule has 124 valence electrons. The van der Waals surface area contributed by atoms with Gasteiger partial charge in [-0.3, -0.25) is 20.2 Å². The van der Waals surface area contributed by atoms with E-state index in [9.17, 15) is 14.9 Å². The molecule has 1 heterocycles. The van der Waals surface area contributed by atoms with E-state index >= 15 is 0 Å². The number of fused-ring (bicyclic) bond motifs is 1. The zero-order chi connectivity index (χ0) is 16.4. The number of nitro groups is 1. The van der Waals surface area contributed by atoms with E-state index in [0.29, 0.717) is 6.42 Å². The first-order valence-corrected chi connectivity index (χ1v) is 7.93. The number of nitrogens with zero attached hydrogens (tertiary/aromatic N) is 1. The van der Waals surface area contributed by atoms with Gasteiger partial charge in [-0.2, -0.15) is 0 Å². The molecule has 1 aliphatic heterocycles. The second kappa shape index (κ2) is 6.25. The van der Waals surface area contributed by atoms with Gasteiger partial charge in [0, 0.05) is 23.7 Å².